The quantitative estimate of drug-likeness (QED) is 0.804. The smallest absolute Gasteiger partial charge is 0.384 e. The number of methoxy groups -OCH3 is 1. The number of nitrogens with one attached hydrogen (secondary N) is 1. The van der Waals surface area contributed by atoms with Gasteiger partial charge in [0.25, 0.3) is 0 Å². The fourth-order valence-corrected chi connectivity index (χ4v) is 4.19. The Morgan fingerprint density at radius 3 is 2.77 bits per heavy atom. The molecule has 1 amide bonds. The Labute approximate surface area is 150 Å². The van der Waals surface area contributed by atoms with Crippen LogP contribution in [0.4, 0.5) is 18.9 Å². The maximum absolute atomic E-state index is 12.7. The van der Waals surface area contributed by atoms with E-state index in [0.29, 0.717) is 19.4 Å². The third kappa shape index (κ3) is 5.42. The highest BCUT2D eigenvalue weighted by Gasteiger charge is 2.33. The van der Waals surface area contributed by atoms with Gasteiger partial charge in [-0.05, 0) is 31.0 Å². The topological polar surface area (TPSA) is 75.7 Å². The van der Waals surface area contributed by atoms with E-state index in [1.807, 2.05) is 0 Å². The summed E-state index contributed by atoms with van der Waals surface area (Å²) in [5.74, 6) is -1.28. The van der Waals surface area contributed by atoms with Gasteiger partial charge < -0.3 is 10.1 Å². The minimum atomic E-state index is -4.50. The number of hydrogen-bond donors (Lipinski definition) is 1. The van der Waals surface area contributed by atoms with Crippen molar-refractivity contribution in [3.63, 3.8) is 0 Å². The molecule has 1 fully saturated rings. The molecule has 1 aromatic rings. The number of sulfonamides is 1. The first-order valence-electron chi connectivity index (χ1n) is 8.08. The molecule has 0 spiro atoms. The van der Waals surface area contributed by atoms with Crippen molar-refractivity contribution in [3.8, 4) is 0 Å². The van der Waals surface area contributed by atoms with Crippen LogP contribution < -0.4 is 5.32 Å². The van der Waals surface area contributed by atoms with Crippen LogP contribution in [0.1, 0.15) is 18.4 Å². The third-order valence-electron chi connectivity index (χ3n) is 4.15. The van der Waals surface area contributed by atoms with E-state index in [2.05, 4.69) is 5.32 Å². The molecule has 1 heterocycles. The summed E-state index contributed by atoms with van der Waals surface area (Å²) >= 11 is 0. The first-order chi connectivity index (χ1) is 12.1. The molecule has 1 aliphatic rings. The number of ether oxygens (including phenoxy) is 1. The number of rotatable bonds is 6. The molecule has 1 N–H and O–H groups in total. The Hall–Kier alpha value is -1.65. The number of anilines is 1. The van der Waals surface area contributed by atoms with Crippen molar-refractivity contribution in [2.45, 2.75) is 19.0 Å². The summed E-state index contributed by atoms with van der Waals surface area (Å²) in [7, 11) is -2.13. The van der Waals surface area contributed by atoms with E-state index in [1.165, 1.54) is 23.5 Å². The number of benzene rings is 1. The van der Waals surface area contributed by atoms with E-state index >= 15 is 0 Å². The van der Waals surface area contributed by atoms with Crippen LogP contribution in [0.15, 0.2) is 24.3 Å². The van der Waals surface area contributed by atoms with Crippen LogP contribution in [0.2, 0.25) is 0 Å². The van der Waals surface area contributed by atoms with Crippen molar-refractivity contribution < 1.29 is 31.1 Å². The normalized spacial score (nSPS) is 19.3. The SMILES string of the molecule is COCCS(=O)(=O)N1CCCC(C(=O)Nc2cccc(C(F)(F)F)c2)C1. The van der Waals surface area contributed by atoms with E-state index in [0.717, 1.165) is 12.1 Å². The lowest BCUT2D eigenvalue weighted by molar-refractivity contribution is -0.137. The van der Waals surface area contributed by atoms with Gasteiger partial charge in [-0.2, -0.15) is 13.2 Å². The van der Waals surface area contributed by atoms with E-state index in [1.54, 1.807) is 0 Å². The van der Waals surface area contributed by atoms with Crippen molar-refractivity contribution >= 4 is 21.6 Å². The molecule has 1 saturated heterocycles. The standard InChI is InChI=1S/C16H21F3N2O4S/c1-25-8-9-26(23,24)21-7-3-4-12(11-21)15(22)20-14-6-2-5-13(10-14)16(17,18)19/h2,5-6,10,12H,3-4,7-9,11H2,1H3,(H,20,22). The molecule has 10 heteroatoms. The molecule has 0 bridgehead atoms. The van der Waals surface area contributed by atoms with Gasteiger partial charge in [0.05, 0.1) is 23.8 Å². The average Bonchev–Trinajstić information content (AvgIpc) is 2.59. The van der Waals surface area contributed by atoms with E-state index < -0.39 is 33.6 Å². The molecule has 6 nitrogen and oxygen atoms in total. The fourth-order valence-electron chi connectivity index (χ4n) is 2.74. The first-order valence-corrected chi connectivity index (χ1v) is 9.69. The van der Waals surface area contributed by atoms with Crippen LogP contribution >= 0.6 is 0 Å². The average molecular weight is 394 g/mol. The summed E-state index contributed by atoms with van der Waals surface area (Å²) in [5, 5.41) is 2.45. The first kappa shape index (κ1) is 20.7. The van der Waals surface area contributed by atoms with Crippen LogP contribution in [0, 0.1) is 5.92 Å². The van der Waals surface area contributed by atoms with Gasteiger partial charge in [0.15, 0.2) is 0 Å². The Bertz CT molecular complexity index is 737. The number of halogens is 3. The highest BCUT2D eigenvalue weighted by Crippen LogP contribution is 2.31. The predicted octanol–water partition coefficient (Wildman–Crippen LogP) is 2.33. The molecule has 2 rings (SSSR count). The maximum Gasteiger partial charge on any atom is 0.416 e. The van der Waals surface area contributed by atoms with Gasteiger partial charge in [0, 0.05) is 25.9 Å². The number of amides is 1. The van der Waals surface area contributed by atoms with Gasteiger partial charge in [-0.1, -0.05) is 6.07 Å². The van der Waals surface area contributed by atoms with Gasteiger partial charge in [0.1, 0.15) is 0 Å². The summed E-state index contributed by atoms with van der Waals surface area (Å²) in [6.45, 7) is 0.385. The molecular formula is C16H21F3N2O4S. The minimum Gasteiger partial charge on any atom is -0.384 e. The van der Waals surface area contributed by atoms with Crippen LogP contribution in [0.25, 0.3) is 0 Å². The van der Waals surface area contributed by atoms with Crippen LogP contribution in [0.3, 0.4) is 0 Å². The number of nitrogens with zero attached hydrogens (tertiary/aromatic N) is 1. The predicted molar refractivity (Wildman–Crippen MR) is 90.0 cm³/mol. The molecule has 0 aromatic heterocycles. The van der Waals surface area contributed by atoms with Gasteiger partial charge in [-0.3, -0.25) is 4.79 Å². The van der Waals surface area contributed by atoms with Gasteiger partial charge in [-0.15, -0.1) is 0 Å². The second kappa shape index (κ2) is 8.36. The lowest BCUT2D eigenvalue weighted by Gasteiger charge is -2.31. The van der Waals surface area contributed by atoms with Crippen LogP contribution in [-0.2, 0) is 25.7 Å². The second-order valence-electron chi connectivity index (χ2n) is 6.07. The molecule has 0 saturated carbocycles. The Morgan fingerprint density at radius 1 is 1.38 bits per heavy atom. The maximum atomic E-state index is 12.7. The van der Waals surface area contributed by atoms with Crippen molar-refractivity contribution in [1.82, 2.24) is 4.31 Å². The van der Waals surface area contributed by atoms with Crippen molar-refractivity contribution in [2.24, 2.45) is 5.92 Å². The molecular weight excluding hydrogens is 373 g/mol. The number of carbonyl (C=O) groups excluding carboxylic acids is 1. The molecule has 146 valence electrons. The number of piperidine rings is 1. The minimum absolute atomic E-state index is 0.0108. The zero-order valence-electron chi connectivity index (χ0n) is 14.3. The zero-order valence-corrected chi connectivity index (χ0v) is 15.1. The van der Waals surface area contributed by atoms with Crippen molar-refractivity contribution in [3.05, 3.63) is 29.8 Å². The summed E-state index contributed by atoms with van der Waals surface area (Å²) < 4.78 is 68.7. The molecule has 1 unspecified atom stereocenters. The number of hydrogen-bond acceptors (Lipinski definition) is 4. The van der Waals surface area contributed by atoms with Gasteiger partial charge in [-0.25, -0.2) is 12.7 Å². The summed E-state index contributed by atoms with van der Waals surface area (Å²) in [6, 6.07) is 4.35. The Morgan fingerprint density at radius 2 is 2.12 bits per heavy atom. The molecule has 26 heavy (non-hydrogen) atoms. The van der Waals surface area contributed by atoms with Crippen molar-refractivity contribution in [2.75, 3.05) is 37.9 Å². The monoisotopic (exact) mass is 394 g/mol. The molecule has 1 atom stereocenters. The lowest BCUT2D eigenvalue weighted by Crippen LogP contribution is -2.45. The highest BCUT2D eigenvalue weighted by molar-refractivity contribution is 7.89. The largest absolute Gasteiger partial charge is 0.416 e. The summed E-state index contributed by atoms with van der Waals surface area (Å²) in [6.07, 6.45) is -3.52. The number of alkyl halides is 3. The number of carbonyl (C=O) groups is 1. The van der Waals surface area contributed by atoms with E-state index in [9.17, 15) is 26.4 Å². The lowest BCUT2D eigenvalue weighted by atomic mass is 9.98. The highest BCUT2D eigenvalue weighted by atomic mass is 32.2. The Kier molecular flexibility index (Phi) is 6.64. The molecule has 0 radical (unpaired) electrons. The third-order valence-corrected chi connectivity index (χ3v) is 5.95. The second-order valence-corrected chi connectivity index (χ2v) is 8.16. The van der Waals surface area contributed by atoms with Gasteiger partial charge in [0.2, 0.25) is 15.9 Å². The van der Waals surface area contributed by atoms with Gasteiger partial charge >= 0.3 is 6.18 Å². The van der Waals surface area contributed by atoms with Crippen LogP contribution in [0.5, 0.6) is 0 Å². The molecule has 0 aliphatic carbocycles. The Balaban J connectivity index is 2.04. The van der Waals surface area contributed by atoms with Crippen LogP contribution in [-0.4, -0.2) is 51.2 Å². The summed E-state index contributed by atoms with van der Waals surface area (Å²) in [4.78, 5) is 12.4. The zero-order chi connectivity index (χ0) is 19.4. The molecule has 1 aliphatic heterocycles. The molecule has 1 aromatic carbocycles. The fraction of sp³-hybridized carbons (Fsp3) is 0.562. The van der Waals surface area contributed by atoms with E-state index in [4.69, 9.17) is 4.74 Å². The summed E-state index contributed by atoms with van der Waals surface area (Å²) in [5.41, 5.74) is -0.827. The van der Waals surface area contributed by atoms with Crippen molar-refractivity contribution in [1.29, 1.82) is 0 Å². The van der Waals surface area contributed by atoms with E-state index in [-0.39, 0.29) is 24.6 Å².